The maximum Gasteiger partial charge on any atom is 0.131 e. The van der Waals surface area contributed by atoms with Gasteiger partial charge in [0.2, 0.25) is 0 Å². The number of hydrogen-bond acceptors (Lipinski definition) is 0. The molecule has 0 spiro atoms. The summed E-state index contributed by atoms with van der Waals surface area (Å²) >= 11 is 0. The molecule has 0 aliphatic heterocycles. The number of hydrogen-bond donors (Lipinski definition) is 2. The van der Waals surface area contributed by atoms with E-state index in [1.165, 1.54) is 11.1 Å². The van der Waals surface area contributed by atoms with Crippen LogP contribution in [0.4, 0.5) is 11.4 Å². The zero-order valence-corrected chi connectivity index (χ0v) is 9.45. The van der Waals surface area contributed by atoms with Crippen LogP contribution in [0.15, 0.2) is 48.5 Å². The summed E-state index contributed by atoms with van der Waals surface area (Å²) in [7, 11) is 0. The minimum absolute atomic E-state index is 1.03. The van der Waals surface area contributed by atoms with Crippen molar-refractivity contribution in [2.75, 3.05) is 0 Å². The van der Waals surface area contributed by atoms with Crippen LogP contribution >= 0.6 is 0 Å². The van der Waals surface area contributed by atoms with Crippen molar-refractivity contribution in [2.24, 2.45) is 0 Å². The molecule has 82 valence electrons. The summed E-state index contributed by atoms with van der Waals surface area (Å²) in [5.74, 6) is 0. The molecule has 16 heavy (non-hydrogen) atoms. The third-order valence-electron chi connectivity index (χ3n) is 2.90. The van der Waals surface area contributed by atoms with Gasteiger partial charge in [0.1, 0.15) is 11.4 Å². The average molecular weight is 214 g/mol. The Morgan fingerprint density at radius 2 is 1.00 bits per heavy atom. The van der Waals surface area contributed by atoms with Crippen LogP contribution in [-0.2, 0) is 12.8 Å². The van der Waals surface area contributed by atoms with Crippen molar-refractivity contribution in [3.05, 3.63) is 59.7 Å². The van der Waals surface area contributed by atoms with Crippen molar-refractivity contribution in [3.8, 4) is 0 Å². The van der Waals surface area contributed by atoms with E-state index in [1.807, 2.05) is 12.1 Å². The van der Waals surface area contributed by atoms with E-state index in [0.29, 0.717) is 0 Å². The molecule has 2 aromatic rings. The van der Waals surface area contributed by atoms with Crippen molar-refractivity contribution >= 4 is 11.4 Å². The topological polar surface area (TPSA) is 55.3 Å². The van der Waals surface area contributed by atoms with Gasteiger partial charge in [-0.25, -0.2) is 0 Å². The van der Waals surface area contributed by atoms with Gasteiger partial charge in [-0.1, -0.05) is 36.4 Å². The summed E-state index contributed by atoms with van der Waals surface area (Å²) in [5, 5.41) is 0. The standard InChI is InChI=1S/C14H16N2/c15-13-7-3-1-5-11(13)9-10-12-6-2-4-8-14(12)16/h1-8H,9-10,15-16H2/p+2. The molecular weight excluding hydrogens is 196 g/mol. The van der Waals surface area contributed by atoms with Crippen LogP contribution in [0.2, 0.25) is 0 Å². The van der Waals surface area contributed by atoms with Crippen LogP contribution in [-0.4, -0.2) is 0 Å². The minimum Gasteiger partial charge on any atom is -0.325 e. The van der Waals surface area contributed by atoms with Crippen LogP contribution in [0.25, 0.3) is 0 Å². The molecule has 0 radical (unpaired) electrons. The molecular formula is C14H18N2+2. The highest BCUT2D eigenvalue weighted by atomic mass is 14.6. The van der Waals surface area contributed by atoms with E-state index in [1.54, 1.807) is 0 Å². The van der Waals surface area contributed by atoms with Gasteiger partial charge in [0.25, 0.3) is 0 Å². The van der Waals surface area contributed by atoms with Gasteiger partial charge in [-0.05, 0) is 25.0 Å². The molecule has 0 saturated heterocycles. The van der Waals surface area contributed by atoms with Crippen LogP contribution < -0.4 is 11.5 Å². The monoisotopic (exact) mass is 214 g/mol. The first kappa shape index (κ1) is 10.9. The van der Waals surface area contributed by atoms with E-state index in [0.717, 1.165) is 24.2 Å². The highest BCUT2D eigenvalue weighted by Gasteiger charge is 2.04. The molecule has 6 N–H and O–H groups in total. The fraction of sp³-hybridized carbons (Fsp3) is 0.143. The Labute approximate surface area is 95.9 Å². The fourth-order valence-electron chi connectivity index (χ4n) is 1.87. The van der Waals surface area contributed by atoms with E-state index in [2.05, 4.69) is 47.9 Å². The van der Waals surface area contributed by atoms with Crippen molar-refractivity contribution in [3.63, 3.8) is 0 Å². The number of quaternary nitrogens is 2. The average Bonchev–Trinajstić information content (AvgIpc) is 2.30. The van der Waals surface area contributed by atoms with Crippen LogP contribution in [0.5, 0.6) is 0 Å². The Balaban J connectivity index is 2.09. The Kier molecular flexibility index (Phi) is 3.34. The molecule has 2 heteroatoms. The maximum atomic E-state index is 4.04. The molecule has 0 unspecified atom stereocenters. The van der Waals surface area contributed by atoms with Gasteiger partial charge in [0.05, 0.1) is 0 Å². The predicted molar refractivity (Wildman–Crippen MR) is 65.4 cm³/mol. The zero-order chi connectivity index (χ0) is 11.4. The van der Waals surface area contributed by atoms with Gasteiger partial charge in [-0.15, -0.1) is 0 Å². The first-order chi connectivity index (χ1) is 7.77. The second kappa shape index (κ2) is 4.92. The zero-order valence-electron chi connectivity index (χ0n) is 9.45. The molecule has 0 atom stereocenters. The second-order valence-corrected chi connectivity index (χ2v) is 4.04. The van der Waals surface area contributed by atoms with E-state index < -0.39 is 0 Å². The lowest BCUT2D eigenvalue weighted by Crippen LogP contribution is -2.42. The predicted octanol–water partition coefficient (Wildman–Crippen LogP) is 1.22. The van der Waals surface area contributed by atoms with Gasteiger partial charge in [0, 0.05) is 11.1 Å². The Morgan fingerprint density at radius 1 is 0.625 bits per heavy atom. The Morgan fingerprint density at radius 3 is 1.38 bits per heavy atom. The number of benzene rings is 2. The summed E-state index contributed by atoms with van der Waals surface area (Å²) in [6.45, 7) is 0. The highest BCUT2D eigenvalue weighted by molar-refractivity contribution is 5.41. The maximum absolute atomic E-state index is 4.04. The normalized spacial score (nSPS) is 10.4. The molecule has 0 fully saturated rings. The molecule has 0 saturated carbocycles. The summed E-state index contributed by atoms with van der Waals surface area (Å²) in [4.78, 5) is 0. The van der Waals surface area contributed by atoms with Crippen molar-refractivity contribution in [1.29, 1.82) is 0 Å². The van der Waals surface area contributed by atoms with Crippen LogP contribution in [0.1, 0.15) is 11.1 Å². The van der Waals surface area contributed by atoms with E-state index in [4.69, 9.17) is 0 Å². The second-order valence-electron chi connectivity index (χ2n) is 4.04. The molecule has 2 nitrogen and oxygen atoms in total. The van der Waals surface area contributed by atoms with Gasteiger partial charge in [-0.2, -0.15) is 0 Å². The molecule has 2 aromatic carbocycles. The van der Waals surface area contributed by atoms with Crippen molar-refractivity contribution < 1.29 is 11.5 Å². The lowest BCUT2D eigenvalue weighted by molar-refractivity contribution is -0.257. The number of rotatable bonds is 3. The molecule has 0 bridgehead atoms. The molecule has 2 rings (SSSR count). The summed E-state index contributed by atoms with van der Waals surface area (Å²) in [6, 6.07) is 16.6. The lowest BCUT2D eigenvalue weighted by atomic mass is 10.0. The molecule has 0 aliphatic carbocycles. The van der Waals surface area contributed by atoms with Gasteiger partial charge >= 0.3 is 0 Å². The smallest absolute Gasteiger partial charge is 0.131 e. The lowest BCUT2D eigenvalue weighted by Gasteiger charge is -2.03. The SMILES string of the molecule is [NH3+]c1ccccc1CCc1ccccc1[NH3+]. The van der Waals surface area contributed by atoms with Gasteiger partial charge < -0.3 is 11.5 Å². The van der Waals surface area contributed by atoms with Crippen LogP contribution in [0, 0.1) is 0 Å². The third-order valence-corrected chi connectivity index (χ3v) is 2.90. The van der Waals surface area contributed by atoms with Gasteiger partial charge in [-0.3, -0.25) is 0 Å². The fourth-order valence-corrected chi connectivity index (χ4v) is 1.87. The van der Waals surface area contributed by atoms with Crippen molar-refractivity contribution in [1.82, 2.24) is 0 Å². The molecule has 0 amide bonds. The van der Waals surface area contributed by atoms with Gasteiger partial charge in [0.15, 0.2) is 0 Å². The summed E-state index contributed by atoms with van der Waals surface area (Å²) in [5.41, 5.74) is 13.0. The number of aryl methyl sites for hydroxylation is 2. The third kappa shape index (κ3) is 2.48. The quantitative estimate of drug-likeness (QED) is 0.772. The first-order valence-corrected chi connectivity index (χ1v) is 5.57. The van der Waals surface area contributed by atoms with Crippen molar-refractivity contribution in [2.45, 2.75) is 12.8 Å². The van der Waals surface area contributed by atoms with E-state index in [-0.39, 0.29) is 0 Å². The molecule has 0 aliphatic rings. The van der Waals surface area contributed by atoms with Crippen LogP contribution in [0.3, 0.4) is 0 Å². The first-order valence-electron chi connectivity index (χ1n) is 5.57. The summed E-state index contributed by atoms with van der Waals surface area (Å²) in [6.07, 6.45) is 2.07. The molecule has 0 aromatic heterocycles. The van der Waals surface area contributed by atoms with E-state index in [9.17, 15) is 0 Å². The molecule has 0 heterocycles. The summed E-state index contributed by atoms with van der Waals surface area (Å²) < 4.78 is 0. The largest absolute Gasteiger partial charge is 0.325 e. The Bertz CT molecular complexity index is 432. The van der Waals surface area contributed by atoms with E-state index >= 15 is 0 Å². The Hall–Kier alpha value is -1.64. The minimum atomic E-state index is 1.03. The highest BCUT2D eigenvalue weighted by Crippen LogP contribution is 2.15.